The zero-order chi connectivity index (χ0) is 12.8. The van der Waals surface area contributed by atoms with Gasteiger partial charge in [-0.05, 0) is 31.4 Å². The molecule has 1 aromatic rings. The maximum atomic E-state index is 5.96. The van der Waals surface area contributed by atoms with Crippen molar-refractivity contribution in [1.82, 2.24) is 0 Å². The summed E-state index contributed by atoms with van der Waals surface area (Å²) in [6.45, 7) is 7.01. The normalized spacial score (nSPS) is 12.6. The zero-order valence-corrected chi connectivity index (χ0v) is 11.2. The molecule has 1 unspecified atom stereocenters. The Morgan fingerprint density at radius 3 is 2.35 bits per heavy atom. The summed E-state index contributed by atoms with van der Waals surface area (Å²) in [7, 11) is 1.65. The third-order valence-corrected chi connectivity index (χ3v) is 2.65. The van der Waals surface area contributed by atoms with Crippen LogP contribution >= 0.6 is 0 Å². The van der Waals surface area contributed by atoms with Crippen molar-refractivity contribution in [3.8, 4) is 11.5 Å². The zero-order valence-electron chi connectivity index (χ0n) is 11.2. The molecule has 0 aliphatic carbocycles. The van der Waals surface area contributed by atoms with Crippen molar-refractivity contribution in [3.05, 3.63) is 23.8 Å². The quantitative estimate of drug-likeness (QED) is 0.826. The van der Waals surface area contributed by atoms with E-state index in [-0.39, 0.29) is 6.04 Å². The van der Waals surface area contributed by atoms with E-state index in [1.54, 1.807) is 7.11 Å². The Morgan fingerprint density at radius 1 is 1.18 bits per heavy atom. The highest BCUT2D eigenvalue weighted by atomic mass is 16.5. The Labute approximate surface area is 104 Å². The average Bonchev–Trinajstić information content (AvgIpc) is 2.27. The van der Waals surface area contributed by atoms with Crippen LogP contribution in [0.5, 0.6) is 11.5 Å². The van der Waals surface area contributed by atoms with Gasteiger partial charge in [-0.25, -0.2) is 0 Å². The third kappa shape index (κ3) is 3.93. The molecule has 0 saturated carbocycles. The first-order valence-corrected chi connectivity index (χ1v) is 6.11. The summed E-state index contributed by atoms with van der Waals surface area (Å²) in [6, 6.07) is 5.69. The van der Waals surface area contributed by atoms with Crippen LogP contribution in [0.25, 0.3) is 0 Å². The van der Waals surface area contributed by atoms with Gasteiger partial charge in [0.25, 0.3) is 0 Å². The van der Waals surface area contributed by atoms with E-state index in [1.807, 2.05) is 25.1 Å². The highest BCUT2D eigenvalue weighted by Crippen LogP contribution is 2.32. The number of benzene rings is 1. The van der Waals surface area contributed by atoms with Crippen molar-refractivity contribution in [1.29, 1.82) is 0 Å². The van der Waals surface area contributed by atoms with Crippen LogP contribution in [0, 0.1) is 5.92 Å². The van der Waals surface area contributed by atoms with Gasteiger partial charge in [-0.15, -0.1) is 0 Å². The summed E-state index contributed by atoms with van der Waals surface area (Å²) < 4.78 is 11.1. The second kappa shape index (κ2) is 6.50. The van der Waals surface area contributed by atoms with Crippen LogP contribution in [0.4, 0.5) is 0 Å². The van der Waals surface area contributed by atoms with E-state index in [4.69, 9.17) is 15.2 Å². The molecule has 1 rings (SSSR count). The summed E-state index contributed by atoms with van der Waals surface area (Å²) >= 11 is 0. The van der Waals surface area contributed by atoms with Crippen molar-refractivity contribution < 1.29 is 9.47 Å². The van der Waals surface area contributed by atoms with Gasteiger partial charge in [-0.3, -0.25) is 0 Å². The molecule has 0 spiro atoms. The monoisotopic (exact) mass is 237 g/mol. The van der Waals surface area contributed by atoms with Crippen LogP contribution < -0.4 is 15.2 Å². The molecule has 17 heavy (non-hydrogen) atoms. The number of rotatable bonds is 6. The third-order valence-electron chi connectivity index (χ3n) is 2.65. The fourth-order valence-electron chi connectivity index (χ4n) is 1.68. The molecule has 0 bridgehead atoms. The standard InChI is InChI=1S/C14H23NO2/c1-10(2)8-9-17-13-7-5-6-12(16-4)14(13)11(3)15/h5-7,10-11H,8-9,15H2,1-4H3. The fraction of sp³-hybridized carbons (Fsp3) is 0.571. The summed E-state index contributed by atoms with van der Waals surface area (Å²) in [6.07, 6.45) is 1.04. The maximum absolute atomic E-state index is 5.96. The lowest BCUT2D eigenvalue weighted by molar-refractivity contribution is 0.283. The van der Waals surface area contributed by atoms with E-state index in [0.29, 0.717) is 12.5 Å². The van der Waals surface area contributed by atoms with Gasteiger partial charge in [0, 0.05) is 6.04 Å². The van der Waals surface area contributed by atoms with Crippen LogP contribution in [-0.4, -0.2) is 13.7 Å². The Bertz CT molecular complexity index is 348. The largest absolute Gasteiger partial charge is 0.496 e. The molecule has 0 aromatic heterocycles. The summed E-state index contributed by atoms with van der Waals surface area (Å²) in [5, 5.41) is 0. The van der Waals surface area contributed by atoms with Gasteiger partial charge in [0.1, 0.15) is 11.5 Å². The van der Waals surface area contributed by atoms with Crippen molar-refractivity contribution in [2.75, 3.05) is 13.7 Å². The Kier molecular flexibility index (Phi) is 5.29. The van der Waals surface area contributed by atoms with Gasteiger partial charge in [0.05, 0.1) is 19.3 Å². The minimum Gasteiger partial charge on any atom is -0.496 e. The molecule has 0 radical (unpaired) electrons. The second-order valence-electron chi connectivity index (χ2n) is 4.69. The molecule has 2 N–H and O–H groups in total. The first-order valence-electron chi connectivity index (χ1n) is 6.11. The van der Waals surface area contributed by atoms with Crippen molar-refractivity contribution in [2.24, 2.45) is 11.7 Å². The predicted octanol–water partition coefficient (Wildman–Crippen LogP) is 3.14. The van der Waals surface area contributed by atoms with Crippen LogP contribution in [-0.2, 0) is 0 Å². The van der Waals surface area contributed by atoms with Crippen LogP contribution in [0.2, 0.25) is 0 Å². The topological polar surface area (TPSA) is 44.5 Å². The number of ether oxygens (including phenoxy) is 2. The summed E-state index contributed by atoms with van der Waals surface area (Å²) in [5.41, 5.74) is 6.91. The van der Waals surface area contributed by atoms with E-state index < -0.39 is 0 Å². The van der Waals surface area contributed by atoms with E-state index >= 15 is 0 Å². The summed E-state index contributed by atoms with van der Waals surface area (Å²) in [5.74, 6) is 2.27. The van der Waals surface area contributed by atoms with E-state index in [9.17, 15) is 0 Å². The highest BCUT2D eigenvalue weighted by Gasteiger charge is 2.14. The molecule has 0 aliphatic rings. The minimum atomic E-state index is -0.0970. The van der Waals surface area contributed by atoms with Crippen molar-refractivity contribution in [2.45, 2.75) is 33.2 Å². The molecule has 0 fully saturated rings. The van der Waals surface area contributed by atoms with Gasteiger partial charge in [-0.1, -0.05) is 19.9 Å². The fourth-order valence-corrected chi connectivity index (χ4v) is 1.68. The van der Waals surface area contributed by atoms with E-state index in [0.717, 1.165) is 23.5 Å². The Hall–Kier alpha value is -1.22. The van der Waals surface area contributed by atoms with Crippen molar-refractivity contribution >= 4 is 0 Å². The molecule has 96 valence electrons. The van der Waals surface area contributed by atoms with Crippen molar-refractivity contribution in [3.63, 3.8) is 0 Å². The van der Waals surface area contributed by atoms with Gasteiger partial charge >= 0.3 is 0 Å². The predicted molar refractivity (Wildman–Crippen MR) is 70.5 cm³/mol. The van der Waals surface area contributed by atoms with Gasteiger partial charge in [-0.2, -0.15) is 0 Å². The number of nitrogens with two attached hydrogens (primary N) is 1. The number of hydrogen-bond acceptors (Lipinski definition) is 3. The molecular formula is C14H23NO2. The highest BCUT2D eigenvalue weighted by molar-refractivity contribution is 5.46. The number of methoxy groups -OCH3 is 1. The number of hydrogen-bond donors (Lipinski definition) is 1. The Morgan fingerprint density at radius 2 is 1.82 bits per heavy atom. The second-order valence-corrected chi connectivity index (χ2v) is 4.69. The molecule has 0 heterocycles. The molecule has 3 heteroatoms. The van der Waals surface area contributed by atoms with E-state index in [2.05, 4.69) is 13.8 Å². The SMILES string of the molecule is COc1cccc(OCCC(C)C)c1C(C)N. The van der Waals surface area contributed by atoms with E-state index in [1.165, 1.54) is 0 Å². The van der Waals surface area contributed by atoms with Gasteiger partial charge in [0.15, 0.2) is 0 Å². The lowest BCUT2D eigenvalue weighted by Crippen LogP contribution is -2.11. The van der Waals surface area contributed by atoms with Gasteiger partial charge < -0.3 is 15.2 Å². The smallest absolute Gasteiger partial charge is 0.127 e. The average molecular weight is 237 g/mol. The lowest BCUT2D eigenvalue weighted by Gasteiger charge is -2.17. The molecule has 0 saturated heterocycles. The van der Waals surface area contributed by atoms with Gasteiger partial charge in [0.2, 0.25) is 0 Å². The van der Waals surface area contributed by atoms with Crippen LogP contribution in [0.1, 0.15) is 38.8 Å². The molecule has 1 aromatic carbocycles. The lowest BCUT2D eigenvalue weighted by atomic mass is 10.1. The molecule has 3 nitrogen and oxygen atoms in total. The molecular weight excluding hydrogens is 214 g/mol. The maximum Gasteiger partial charge on any atom is 0.127 e. The first-order chi connectivity index (χ1) is 8.06. The molecule has 0 amide bonds. The summed E-state index contributed by atoms with van der Waals surface area (Å²) in [4.78, 5) is 0. The minimum absolute atomic E-state index is 0.0970. The molecule has 0 aliphatic heterocycles. The van der Waals surface area contributed by atoms with Crippen LogP contribution in [0.3, 0.4) is 0 Å². The Balaban J connectivity index is 2.83. The molecule has 1 atom stereocenters. The first kappa shape index (κ1) is 13.8. The van der Waals surface area contributed by atoms with Crippen LogP contribution in [0.15, 0.2) is 18.2 Å².